The van der Waals surface area contributed by atoms with Crippen molar-refractivity contribution in [3.05, 3.63) is 22.2 Å². The van der Waals surface area contributed by atoms with Gasteiger partial charge >= 0.3 is 0 Å². The molecule has 0 aromatic heterocycles. The number of thiol groups is 1. The fourth-order valence-electron chi connectivity index (χ4n) is 0.767. The van der Waals surface area contributed by atoms with Gasteiger partial charge in [-0.05, 0) is 6.07 Å². The summed E-state index contributed by atoms with van der Waals surface area (Å²) in [5.41, 5.74) is 10.9. The number of benzene rings is 1. The van der Waals surface area contributed by atoms with Gasteiger partial charge in [0, 0.05) is 11.0 Å². The SMILES string of the molecule is Nc1cc([N+](=O)[O-])c(N)cc1S. The zero-order chi connectivity index (χ0) is 9.30. The topological polar surface area (TPSA) is 95.2 Å². The zero-order valence-corrected chi connectivity index (χ0v) is 6.91. The monoisotopic (exact) mass is 185 g/mol. The van der Waals surface area contributed by atoms with Crippen molar-refractivity contribution in [2.45, 2.75) is 4.90 Å². The van der Waals surface area contributed by atoms with E-state index in [0.717, 1.165) is 0 Å². The minimum absolute atomic E-state index is 0.0687. The summed E-state index contributed by atoms with van der Waals surface area (Å²) in [6.45, 7) is 0. The minimum Gasteiger partial charge on any atom is -0.398 e. The molecule has 1 rings (SSSR count). The first-order valence-corrected chi connectivity index (χ1v) is 3.49. The van der Waals surface area contributed by atoms with Crippen molar-refractivity contribution < 1.29 is 4.92 Å². The Morgan fingerprint density at radius 2 is 1.92 bits per heavy atom. The Balaban J connectivity index is 3.33. The van der Waals surface area contributed by atoms with Gasteiger partial charge < -0.3 is 11.5 Å². The van der Waals surface area contributed by atoms with Crippen molar-refractivity contribution in [1.29, 1.82) is 0 Å². The fraction of sp³-hybridized carbons (Fsp3) is 0. The van der Waals surface area contributed by atoms with Crippen LogP contribution in [0.4, 0.5) is 17.1 Å². The summed E-state index contributed by atoms with van der Waals surface area (Å²) in [5, 5.41) is 10.3. The van der Waals surface area contributed by atoms with Gasteiger partial charge in [0.1, 0.15) is 5.69 Å². The Hall–Kier alpha value is -1.43. The summed E-state index contributed by atoms with van der Waals surface area (Å²) in [6.07, 6.45) is 0. The van der Waals surface area contributed by atoms with Crippen molar-refractivity contribution in [3.8, 4) is 0 Å². The molecule has 0 radical (unpaired) electrons. The maximum absolute atomic E-state index is 10.3. The van der Waals surface area contributed by atoms with Crippen LogP contribution in [0.2, 0.25) is 0 Å². The molecule has 4 N–H and O–H groups in total. The molecule has 0 aliphatic heterocycles. The average Bonchev–Trinajstić information content (AvgIpc) is 1.96. The first-order valence-electron chi connectivity index (χ1n) is 3.04. The van der Waals surface area contributed by atoms with Crippen molar-refractivity contribution in [2.75, 3.05) is 11.5 Å². The number of nitrogens with zero attached hydrogens (tertiary/aromatic N) is 1. The van der Waals surface area contributed by atoms with Gasteiger partial charge in [0.2, 0.25) is 0 Å². The first kappa shape index (κ1) is 8.66. The molecule has 6 heteroatoms. The van der Waals surface area contributed by atoms with E-state index in [9.17, 15) is 10.1 Å². The van der Waals surface area contributed by atoms with Crippen LogP contribution in [-0.4, -0.2) is 4.92 Å². The van der Waals surface area contributed by atoms with E-state index in [0.29, 0.717) is 4.90 Å². The van der Waals surface area contributed by atoms with Crippen LogP contribution in [0.1, 0.15) is 0 Å². The van der Waals surface area contributed by atoms with E-state index in [2.05, 4.69) is 12.6 Å². The number of rotatable bonds is 1. The molecule has 0 bridgehead atoms. The lowest BCUT2D eigenvalue weighted by atomic mass is 10.2. The Labute approximate surface area is 73.9 Å². The molecule has 0 amide bonds. The normalized spacial score (nSPS) is 9.75. The average molecular weight is 185 g/mol. The van der Waals surface area contributed by atoms with E-state index in [-0.39, 0.29) is 17.1 Å². The molecular formula is C6H7N3O2S. The lowest BCUT2D eigenvalue weighted by molar-refractivity contribution is -0.383. The highest BCUT2D eigenvalue weighted by Gasteiger charge is 2.12. The van der Waals surface area contributed by atoms with Gasteiger partial charge in [-0.1, -0.05) is 0 Å². The smallest absolute Gasteiger partial charge is 0.294 e. The molecule has 1 aromatic carbocycles. The van der Waals surface area contributed by atoms with Crippen molar-refractivity contribution in [2.24, 2.45) is 0 Å². The number of hydrogen-bond donors (Lipinski definition) is 3. The van der Waals surface area contributed by atoms with Crippen LogP contribution in [0.3, 0.4) is 0 Å². The molecule has 0 aliphatic rings. The fourth-order valence-corrected chi connectivity index (χ4v) is 0.971. The van der Waals surface area contributed by atoms with Crippen LogP contribution in [0.15, 0.2) is 17.0 Å². The molecule has 64 valence electrons. The molecular weight excluding hydrogens is 178 g/mol. The molecule has 0 atom stereocenters. The Bertz CT molecular complexity index is 340. The quantitative estimate of drug-likeness (QED) is 0.264. The molecule has 0 spiro atoms. The highest BCUT2D eigenvalue weighted by atomic mass is 32.1. The lowest BCUT2D eigenvalue weighted by Gasteiger charge is -2.00. The highest BCUT2D eigenvalue weighted by molar-refractivity contribution is 7.80. The van der Waals surface area contributed by atoms with Crippen LogP contribution in [0.5, 0.6) is 0 Å². The van der Waals surface area contributed by atoms with Crippen LogP contribution >= 0.6 is 12.6 Å². The molecule has 0 heterocycles. The molecule has 1 aromatic rings. The standard InChI is InChI=1S/C6H7N3O2S/c7-3-2-6(12)4(8)1-5(3)9(10)11/h1-2,12H,7-8H2. The van der Waals surface area contributed by atoms with Crippen LogP contribution in [0.25, 0.3) is 0 Å². The van der Waals surface area contributed by atoms with Gasteiger partial charge in [-0.25, -0.2) is 0 Å². The molecule has 0 saturated heterocycles. The molecule has 12 heavy (non-hydrogen) atoms. The molecule has 5 nitrogen and oxygen atoms in total. The number of hydrogen-bond acceptors (Lipinski definition) is 5. The zero-order valence-electron chi connectivity index (χ0n) is 6.02. The lowest BCUT2D eigenvalue weighted by Crippen LogP contribution is -1.98. The van der Waals surface area contributed by atoms with Gasteiger partial charge in [0.15, 0.2) is 0 Å². The minimum atomic E-state index is -0.584. The van der Waals surface area contributed by atoms with E-state index in [1.807, 2.05) is 0 Å². The predicted molar refractivity (Wildman–Crippen MR) is 49.2 cm³/mol. The van der Waals surface area contributed by atoms with Crippen molar-refractivity contribution in [1.82, 2.24) is 0 Å². The summed E-state index contributed by atoms with van der Waals surface area (Å²) in [4.78, 5) is 10.2. The van der Waals surface area contributed by atoms with Crippen LogP contribution in [0, 0.1) is 10.1 Å². The summed E-state index contributed by atoms with van der Waals surface area (Å²) in [5.74, 6) is 0. The second-order valence-electron chi connectivity index (χ2n) is 2.23. The van der Waals surface area contributed by atoms with Crippen LogP contribution in [-0.2, 0) is 0 Å². The predicted octanol–water partition coefficient (Wildman–Crippen LogP) is 1.05. The number of nitrogen functional groups attached to an aromatic ring is 2. The van der Waals surface area contributed by atoms with Gasteiger partial charge in [0.05, 0.1) is 10.6 Å². The third kappa shape index (κ3) is 1.42. The van der Waals surface area contributed by atoms with Crippen molar-refractivity contribution >= 4 is 29.7 Å². The van der Waals surface area contributed by atoms with E-state index in [1.54, 1.807) is 0 Å². The largest absolute Gasteiger partial charge is 0.398 e. The maximum Gasteiger partial charge on any atom is 0.294 e. The highest BCUT2D eigenvalue weighted by Crippen LogP contribution is 2.28. The number of nitro benzene ring substituents is 1. The van der Waals surface area contributed by atoms with E-state index in [4.69, 9.17) is 11.5 Å². The van der Waals surface area contributed by atoms with E-state index >= 15 is 0 Å². The molecule has 0 unspecified atom stereocenters. The van der Waals surface area contributed by atoms with Gasteiger partial charge in [-0.15, -0.1) is 12.6 Å². The first-order chi connectivity index (χ1) is 5.52. The third-order valence-corrected chi connectivity index (χ3v) is 1.76. The molecule has 0 fully saturated rings. The summed E-state index contributed by atoms with van der Waals surface area (Å²) in [6, 6.07) is 2.55. The Morgan fingerprint density at radius 3 is 2.42 bits per heavy atom. The summed E-state index contributed by atoms with van der Waals surface area (Å²) in [7, 11) is 0. The van der Waals surface area contributed by atoms with E-state index in [1.165, 1.54) is 12.1 Å². The molecule has 0 saturated carbocycles. The second-order valence-corrected chi connectivity index (χ2v) is 2.71. The Kier molecular flexibility index (Phi) is 2.09. The maximum atomic E-state index is 10.3. The molecule has 0 aliphatic carbocycles. The van der Waals surface area contributed by atoms with E-state index < -0.39 is 4.92 Å². The van der Waals surface area contributed by atoms with Gasteiger partial charge in [-0.2, -0.15) is 0 Å². The van der Waals surface area contributed by atoms with Gasteiger partial charge in [0.25, 0.3) is 5.69 Å². The summed E-state index contributed by atoms with van der Waals surface area (Å²) >= 11 is 3.96. The third-order valence-electron chi connectivity index (χ3n) is 1.37. The Morgan fingerprint density at radius 1 is 1.33 bits per heavy atom. The second kappa shape index (κ2) is 2.90. The van der Waals surface area contributed by atoms with Crippen LogP contribution < -0.4 is 11.5 Å². The summed E-state index contributed by atoms with van der Waals surface area (Å²) < 4.78 is 0. The number of nitro groups is 1. The number of anilines is 2. The van der Waals surface area contributed by atoms with Gasteiger partial charge in [-0.3, -0.25) is 10.1 Å². The number of nitrogens with two attached hydrogens (primary N) is 2. The van der Waals surface area contributed by atoms with Crippen molar-refractivity contribution in [3.63, 3.8) is 0 Å².